The van der Waals surface area contributed by atoms with Crippen LogP contribution in [0.3, 0.4) is 0 Å². The number of aliphatic hydroxyl groups is 1. The molecule has 6 heteroatoms. The molecular formula is C12H14F2O4. The highest BCUT2D eigenvalue weighted by molar-refractivity contribution is 5.87. The Morgan fingerprint density at radius 2 is 1.89 bits per heavy atom. The molecule has 1 unspecified atom stereocenters. The second-order valence-electron chi connectivity index (χ2n) is 4.21. The van der Waals surface area contributed by atoms with Crippen molar-refractivity contribution in [2.45, 2.75) is 25.9 Å². The smallest absolute Gasteiger partial charge is 0.335 e. The van der Waals surface area contributed by atoms with Gasteiger partial charge < -0.3 is 14.9 Å². The van der Waals surface area contributed by atoms with E-state index >= 15 is 0 Å². The molecule has 0 aromatic heterocycles. The van der Waals surface area contributed by atoms with Crippen LogP contribution in [0.15, 0.2) is 12.1 Å². The number of carboxylic acids is 1. The third kappa shape index (κ3) is 3.40. The number of carbonyl (C=O) groups is 1. The van der Waals surface area contributed by atoms with E-state index in [0.717, 1.165) is 0 Å². The van der Waals surface area contributed by atoms with Crippen molar-refractivity contribution in [3.05, 3.63) is 29.3 Å². The number of hydrogen-bond acceptors (Lipinski definition) is 3. The van der Waals surface area contributed by atoms with E-state index < -0.39 is 34.5 Å². The lowest BCUT2D eigenvalue weighted by molar-refractivity contribution is 0.00607. The molecule has 0 saturated carbocycles. The Kier molecular flexibility index (Phi) is 4.24. The zero-order valence-electron chi connectivity index (χ0n) is 10.0. The Hall–Kier alpha value is -1.69. The van der Waals surface area contributed by atoms with E-state index in [1.165, 1.54) is 6.92 Å². The lowest BCUT2D eigenvalue weighted by Gasteiger charge is -2.21. The van der Waals surface area contributed by atoms with Gasteiger partial charge in [-0.25, -0.2) is 13.6 Å². The van der Waals surface area contributed by atoms with Crippen LogP contribution < -0.4 is 4.74 Å². The first-order valence-electron chi connectivity index (χ1n) is 5.34. The van der Waals surface area contributed by atoms with Crippen LogP contribution in [0.5, 0.6) is 5.75 Å². The Morgan fingerprint density at radius 1 is 1.39 bits per heavy atom. The average Bonchev–Trinajstić information content (AvgIpc) is 2.27. The van der Waals surface area contributed by atoms with Crippen LogP contribution in [0, 0.1) is 11.6 Å². The first-order chi connectivity index (χ1) is 8.26. The fourth-order valence-corrected chi connectivity index (χ4v) is 1.15. The molecule has 1 rings (SSSR count). The van der Waals surface area contributed by atoms with E-state index in [4.69, 9.17) is 9.84 Å². The van der Waals surface area contributed by atoms with E-state index in [1.54, 1.807) is 6.92 Å². The molecule has 0 aliphatic heterocycles. The van der Waals surface area contributed by atoms with E-state index in [1.807, 2.05) is 0 Å². The molecule has 4 nitrogen and oxygen atoms in total. The summed E-state index contributed by atoms with van der Waals surface area (Å²) >= 11 is 0. The SMILES string of the molecule is CCC(C)(O)COc1c(F)cc(C(=O)O)cc1F. The molecule has 0 fully saturated rings. The lowest BCUT2D eigenvalue weighted by Crippen LogP contribution is -2.31. The molecule has 0 saturated heterocycles. The van der Waals surface area contributed by atoms with Crippen molar-refractivity contribution in [3.63, 3.8) is 0 Å². The van der Waals surface area contributed by atoms with Gasteiger partial charge in [0, 0.05) is 0 Å². The number of benzene rings is 1. The van der Waals surface area contributed by atoms with E-state index in [9.17, 15) is 18.7 Å². The monoisotopic (exact) mass is 260 g/mol. The van der Waals surface area contributed by atoms with Gasteiger partial charge in [0.15, 0.2) is 17.4 Å². The molecule has 1 aromatic carbocycles. The number of carboxylic acid groups (broad SMARTS) is 1. The van der Waals surface area contributed by atoms with E-state index in [2.05, 4.69) is 0 Å². The van der Waals surface area contributed by atoms with Gasteiger partial charge >= 0.3 is 5.97 Å². The predicted octanol–water partition coefficient (Wildman–Crippen LogP) is 2.20. The van der Waals surface area contributed by atoms with E-state index in [0.29, 0.717) is 18.6 Å². The van der Waals surface area contributed by atoms with Gasteiger partial charge in [0.1, 0.15) is 6.61 Å². The Labute approximate surface area is 103 Å². The third-order valence-electron chi connectivity index (χ3n) is 2.53. The van der Waals surface area contributed by atoms with Crippen LogP contribution >= 0.6 is 0 Å². The van der Waals surface area contributed by atoms with Gasteiger partial charge in [0.25, 0.3) is 0 Å². The zero-order valence-corrected chi connectivity index (χ0v) is 10.0. The molecule has 0 radical (unpaired) electrons. The summed E-state index contributed by atoms with van der Waals surface area (Å²) in [4.78, 5) is 10.6. The summed E-state index contributed by atoms with van der Waals surface area (Å²) in [5.41, 5.74) is -1.70. The Balaban J connectivity index is 2.94. The first kappa shape index (κ1) is 14.4. The molecule has 0 heterocycles. The number of hydrogen-bond donors (Lipinski definition) is 2. The van der Waals surface area contributed by atoms with Gasteiger partial charge in [-0.2, -0.15) is 0 Å². The number of aromatic carboxylic acids is 1. The topological polar surface area (TPSA) is 66.8 Å². The maximum absolute atomic E-state index is 13.4. The van der Waals surface area contributed by atoms with Gasteiger partial charge in [0.2, 0.25) is 0 Å². The van der Waals surface area contributed by atoms with Crippen LogP contribution in [-0.4, -0.2) is 28.4 Å². The van der Waals surface area contributed by atoms with Crippen molar-refractivity contribution in [1.29, 1.82) is 0 Å². The molecule has 1 aromatic rings. The van der Waals surface area contributed by atoms with Crippen LogP contribution in [0.2, 0.25) is 0 Å². The fourth-order valence-electron chi connectivity index (χ4n) is 1.15. The fraction of sp³-hybridized carbons (Fsp3) is 0.417. The van der Waals surface area contributed by atoms with Crippen molar-refractivity contribution >= 4 is 5.97 Å². The van der Waals surface area contributed by atoms with Crippen LogP contribution in [-0.2, 0) is 0 Å². The number of ether oxygens (including phenoxy) is 1. The van der Waals surface area contributed by atoms with E-state index in [-0.39, 0.29) is 6.61 Å². The number of halogens is 2. The predicted molar refractivity (Wildman–Crippen MR) is 59.7 cm³/mol. The van der Waals surface area contributed by atoms with Gasteiger partial charge in [-0.3, -0.25) is 0 Å². The highest BCUT2D eigenvalue weighted by atomic mass is 19.1. The third-order valence-corrected chi connectivity index (χ3v) is 2.53. The first-order valence-corrected chi connectivity index (χ1v) is 5.34. The van der Waals surface area contributed by atoms with Crippen LogP contribution in [0.1, 0.15) is 30.6 Å². The van der Waals surface area contributed by atoms with Crippen molar-refractivity contribution in [2.75, 3.05) is 6.61 Å². The summed E-state index contributed by atoms with van der Waals surface area (Å²) in [6.45, 7) is 2.88. The molecule has 0 aliphatic carbocycles. The summed E-state index contributed by atoms with van der Waals surface area (Å²) in [7, 11) is 0. The molecule has 18 heavy (non-hydrogen) atoms. The van der Waals surface area contributed by atoms with Crippen molar-refractivity contribution in [1.82, 2.24) is 0 Å². The standard InChI is InChI=1S/C12H14F2O4/c1-3-12(2,17)6-18-10-8(13)4-7(11(15)16)5-9(10)14/h4-5,17H,3,6H2,1-2H3,(H,15,16). The van der Waals surface area contributed by atoms with Crippen LogP contribution in [0.25, 0.3) is 0 Å². The second kappa shape index (κ2) is 5.30. The normalized spacial score (nSPS) is 14.1. The van der Waals surface area contributed by atoms with Gasteiger partial charge in [0.05, 0.1) is 11.2 Å². The summed E-state index contributed by atoms with van der Waals surface area (Å²) in [6.07, 6.45) is 0.351. The molecule has 0 aliphatic rings. The van der Waals surface area contributed by atoms with Gasteiger partial charge in [-0.05, 0) is 25.5 Å². The quantitative estimate of drug-likeness (QED) is 0.851. The minimum absolute atomic E-state index is 0.288. The molecule has 0 amide bonds. The maximum Gasteiger partial charge on any atom is 0.335 e. The minimum atomic E-state index is -1.43. The Bertz CT molecular complexity index is 434. The number of rotatable bonds is 5. The van der Waals surface area contributed by atoms with Gasteiger partial charge in [-0.1, -0.05) is 6.92 Å². The molecule has 100 valence electrons. The van der Waals surface area contributed by atoms with Gasteiger partial charge in [-0.15, -0.1) is 0 Å². The molecule has 0 spiro atoms. The average molecular weight is 260 g/mol. The van der Waals surface area contributed by atoms with Crippen LogP contribution in [0.4, 0.5) is 8.78 Å². The van der Waals surface area contributed by atoms with Crippen molar-refractivity contribution in [3.8, 4) is 5.75 Å². The molecule has 1 atom stereocenters. The van der Waals surface area contributed by atoms with Crippen molar-refractivity contribution < 1.29 is 28.5 Å². The molecule has 2 N–H and O–H groups in total. The summed E-state index contributed by atoms with van der Waals surface area (Å²) in [5.74, 6) is -4.34. The summed E-state index contributed by atoms with van der Waals surface area (Å²) in [6, 6.07) is 1.34. The summed E-state index contributed by atoms with van der Waals surface area (Å²) < 4.78 is 31.7. The highest BCUT2D eigenvalue weighted by Crippen LogP contribution is 2.24. The minimum Gasteiger partial charge on any atom is -0.485 e. The summed E-state index contributed by atoms with van der Waals surface area (Å²) in [5, 5.41) is 18.3. The lowest BCUT2D eigenvalue weighted by atomic mass is 10.1. The highest BCUT2D eigenvalue weighted by Gasteiger charge is 2.22. The zero-order chi connectivity index (χ0) is 13.9. The van der Waals surface area contributed by atoms with Crippen molar-refractivity contribution in [2.24, 2.45) is 0 Å². The Morgan fingerprint density at radius 3 is 2.28 bits per heavy atom. The largest absolute Gasteiger partial charge is 0.485 e. The maximum atomic E-state index is 13.4. The second-order valence-corrected chi connectivity index (χ2v) is 4.21. The molecule has 0 bridgehead atoms. The molecular weight excluding hydrogens is 246 g/mol.